The van der Waals surface area contributed by atoms with Crippen LogP contribution in [0, 0.1) is 11.7 Å². The highest BCUT2D eigenvalue weighted by Crippen LogP contribution is 2.40. The van der Waals surface area contributed by atoms with E-state index in [2.05, 4.69) is 29.8 Å². The maximum absolute atomic E-state index is 13.9. The molecular weight excluding hydrogens is 493 g/mol. The highest BCUT2D eigenvalue weighted by molar-refractivity contribution is 8.18. The van der Waals surface area contributed by atoms with Crippen LogP contribution in [0.15, 0.2) is 95.0 Å². The molecule has 0 bridgehead atoms. The summed E-state index contributed by atoms with van der Waals surface area (Å²) < 4.78 is 15.6. The van der Waals surface area contributed by atoms with E-state index in [4.69, 9.17) is 4.99 Å². The van der Waals surface area contributed by atoms with E-state index < -0.39 is 0 Å². The van der Waals surface area contributed by atoms with Gasteiger partial charge < -0.3 is 4.57 Å². The smallest absolute Gasteiger partial charge is 0.267 e. The van der Waals surface area contributed by atoms with Crippen molar-refractivity contribution in [3.63, 3.8) is 0 Å². The van der Waals surface area contributed by atoms with Gasteiger partial charge in [0.1, 0.15) is 5.82 Å². The number of amides is 1. The number of hydrogen-bond donors (Lipinski definition) is 0. The highest BCUT2D eigenvalue weighted by Gasteiger charge is 2.41. The lowest BCUT2D eigenvalue weighted by Crippen LogP contribution is -2.44. The van der Waals surface area contributed by atoms with Gasteiger partial charge in [0.15, 0.2) is 5.17 Å². The van der Waals surface area contributed by atoms with Crippen molar-refractivity contribution in [2.45, 2.75) is 45.2 Å². The molecule has 192 valence electrons. The van der Waals surface area contributed by atoms with Crippen molar-refractivity contribution in [2.75, 3.05) is 0 Å². The van der Waals surface area contributed by atoms with E-state index in [0.29, 0.717) is 17.4 Å². The number of carbonyl (C=O) groups is 1. The van der Waals surface area contributed by atoms with Gasteiger partial charge in [-0.15, -0.1) is 0 Å². The van der Waals surface area contributed by atoms with Crippen molar-refractivity contribution < 1.29 is 9.18 Å². The molecule has 0 N–H and O–H groups in total. The Morgan fingerprint density at radius 1 is 0.974 bits per heavy atom. The number of halogens is 1. The Bertz CT molecular complexity index is 1520. The van der Waals surface area contributed by atoms with Crippen LogP contribution in [0.5, 0.6) is 0 Å². The fraction of sp³-hybridized carbons (Fsp3) is 0.250. The van der Waals surface area contributed by atoms with E-state index >= 15 is 0 Å². The van der Waals surface area contributed by atoms with E-state index in [1.54, 1.807) is 0 Å². The third-order valence-corrected chi connectivity index (χ3v) is 8.57. The number of rotatable bonds is 5. The zero-order chi connectivity index (χ0) is 26.1. The number of hydrogen-bond acceptors (Lipinski definition) is 3. The lowest BCUT2D eigenvalue weighted by Gasteiger charge is -2.35. The Morgan fingerprint density at radius 2 is 1.71 bits per heavy atom. The first kappa shape index (κ1) is 24.7. The van der Waals surface area contributed by atoms with Crippen molar-refractivity contribution in [1.29, 1.82) is 0 Å². The SMILES string of the molecule is C[C@H]1CCCC[C@@H]1N1C(=O)/C(=C/c2cn(Cc3ccc(F)cc3)c3ccccc23)SC1=Nc1ccccc1. The van der Waals surface area contributed by atoms with Crippen LogP contribution in [0.1, 0.15) is 43.7 Å². The number of aliphatic imine (C=N–C) groups is 1. The predicted molar refractivity (Wildman–Crippen MR) is 155 cm³/mol. The molecule has 0 unspecified atom stereocenters. The van der Waals surface area contributed by atoms with Gasteiger partial charge in [-0.1, -0.05) is 68.3 Å². The van der Waals surface area contributed by atoms with E-state index in [9.17, 15) is 9.18 Å². The van der Waals surface area contributed by atoms with Gasteiger partial charge in [0.05, 0.1) is 10.6 Å². The van der Waals surface area contributed by atoms with Gasteiger partial charge in [0.25, 0.3) is 5.91 Å². The number of fused-ring (bicyclic) bond motifs is 1. The molecule has 1 saturated carbocycles. The molecule has 3 aromatic carbocycles. The first-order valence-corrected chi connectivity index (χ1v) is 14.1. The molecule has 2 fully saturated rings. The third kappa shape index (κ3) is 4.93. The molecule has 4 aromatic rings. The van der Waals surface area contributed by atoms with Gasteiger partial charge in [0, 0.05) is 35.2 Å². The number of amidine groups is 1. The van der Waals surface area contributed by atoms with Crippen LogP contribution in [-0.2, 0) is 11.3 Å². The monoisotopic (exact) mass is 523 g/mol. The third-order valence-electron chi connectivity index (χ3n) is 7.59. The number of benzene rings is 3. The van der Waals surface area contributed by atoms with Crippen molar-refractivity contribution in [2.24, 2.45) is 10.9 Å². The van der Waals surface area contributed by atoms with Gasteiger partial charge in [-0.3, -0.25) is 9.69 Å². The summed E-state index contributed by atoms with van der Waals surface area (Å²) in [5, 5.41) is 1.85. The second-order valence-electron chi connectivity index (χ2n) is 10.2. The summed E-state index contributed by atoms with van der Waals surface area (Å²) >= 11 is 1.47. The summed E-state index contributed by atoms with van der Waals surface area (Å²) in [7, 11) is 0. The molecule has 4 nitrogen and oxygen atoms in total. The molecule has 2 aliphatic rings. The fourth-order valence-electron chi connectivity index (χ4n) is 5.60. The molecule has 1 aromatic heterocycles. The van der Waals surface area contributed by atoms with E-state index in [1.165, 1.54) is 30.3 Å². The molecule has 6 rings (SSSR count). The van der Waals surface area contributed by atoms with Crippen LogP contribution >= 0.6 is 11.8 Å². The van der Waals surface area contributed by atoms with Crippen LogP contribution in [0.4, 0.5) is 10.1 Å². The maximum atomic E-state index is 13.9. The predicted octanol–water partition coefficient (Wildman–Crippen LogP) is 8.01. The van der Waals surface area contributed by atoms with Crippen LogP contribution in [0.25, 0.3) is 17.0 Å². The Hall–Kier alpha value is -3.64. The van der Waals surface area contributed by atoms with Gasteiger partial charge in [-0.05, 0) is 72.5 Å². The second-order valence-corrected chi connectivity index (χ2v) is 11.2. The highest BCUT2D eigenvalue weighted by atomic mass is 32.2. The van der Waals surface area contributed by atoms with E-state index in [-0.39, 0.29) is 17.8 Å². The van der Waals surface area contributed by atoms with Crippen molar-refractivity contribution in [1.82, 2.24) is 9.47 Å². The molecule has 0 radical (unpaired) electrons. The van der Waals surface area contributed by atoms with Gasteiger partial charge in [-0.2, -0.15) is 0 Å². The molecule has 2 heterocycles. The van der Waals surface area contributed by atoms with Crippen molar-refractivity contribution >= 4 is 45.5 Å². The fourth-order valence-corrected chi connectivity index (χ4v) is 6.64. The molecule has 1 aliphatic carbocycles. The minimum Gasteiger partial charge on any atom is -0.342 e. The van der Waals surface area contributed by atoms with Crippen LogP contribution < -0.4 is 0 Å². The van der Waals surface area contributed by atoms with Crippen molar-refractivity contribution in [3.05, 3.63) is 107 Å². The lowest BCUT2D eigenvalue weighted by atomic mass is 9.85. The molecule has 2 atom stereocenters. The second kappa shape index (κ2) is 10.6. The normalized spacial score (nSPS) is 22.2. The van der Waals surface area contributed by atoms with Gasteiger partial charge >= 0.3 is 0 Å². The summed E-state index contributed by atoms with van der Waals surface area (Å²) in [6.45, 7) is 2.88. The minimum atomic E-state index is -0.238. The van der Waals surface area contributed by atoms with E-state index in [0.717, 1.165) is 52.1 Å². The summed E-state index contributed by atoms with van der Waals surface area (Å²) in [5.74, 6) is 0.239. The van der Waals surface area contributed by atoms with Crippen LogP contribution in [-0.4, -0.2) is 26.6 Å². The average Bonchev–Trinajstić information content (AvgIpc) is 3.43. The van der Waals surface area contributed by atoms with Crippen molar-refractivity contribution in [3.8, 4) is 0 Å². The summed E-state index contributed by atoms with van der Waals surface area (Å²) in [4.78, 5) is 21.5. The first-order chi connectivity index (χ1) is 18.6. The first-order valence-electron chi connectivity index (χ1n) is 13.3. The number of carbonyl (C=O) groups excluding carboxylic acids is 1. The average molecular weight is 524 g/mol. The van der Waals surface area contributed by atoms with Gasteiger partial charge in [-0.25, -0.2) is 9.38 Å². The quantitative estimate of drug-likeness (QED) is 0.249. The Labute approximate surface area is 226 Å². The minimum absolute atomic E-state index is 0.0406. The standard InChI is InChI=1S/C32H30FN3OS/c1-22-9-5-7-13-28(22)36-31(37)30(38-32(36)34-26-10-3-2-4-11-26)19-24-21-35(29-14-8-6-12-27(24)29)20-23-15-17-25(33)18-16-23/h2-4,6,8,10-12,14-19,21-22,28H,5,7,9,13,20H2,1H3/b30-19-,34-32?/t22-,28-/m0/s1. The Balaban J connectivity index is 1.39. The summed E-state index contributed by atoms with van der Waals surface area (Å²) in [5.41, 5.74) is 3.95. The molecule has 1 aliphatic heterocycles. The summed E-state index contributed by atoms with van der Waals surface area (Å²) in [6.07, 6.45) is 8.60. The van der Waals surface area contributed by atoms with E-state index in [1.807, 2.05) is 65.6 Å². The zero-order valence-electron chi connectivity index (χ0n) is 21.4. The van der Waals surface area contributed by atoms with Crippen LogP contribution in [0.2, 0.25) is 0 Å². The zero-order valence-corrected chi connectivity index (χ0v) is 22.2. The maximum Gasteiger partial charge on any atom is 0.267 e. The van der Waals surface area contributed by atoms with Crippen LogP contribution in [0.3, 0.4) is 0 Å². The molecule has 38 heavy (non-hydrogen) atoms. The van der Waals surface area contributed by atoms with Gasteiger partial charge in [0.2, 0.25) is 0 Å². The number of para-hydroxylation sites is 2. The summed E-state index contributed by atoms with van der Waals surface area (Å²) in [6, 6.07) is 24.9. The molecule has 0 spiro atoms. The lowest BCUT2D eigenvalue weighted by molar-refractivity contribution is -0.124. The number of nitrogens with zero attached hydrogens (tertiary/aromatic N) is 3. The Kier molecular flexibility index (Phi) is 6.90. The molecule has 1 saturated heterocycles. The number of thioether (sulfide) groups is 1. The molecule has 6 heteroatoms. The molecule has 1 amide bonds. The Morgan fingerprint density at radius 3 is 2.50 bits per heavy atom. The number of aromatic nitrogens is 1. The largest absolute Gasteiger partial charge is 0.342 e. The topological polar surface area (TPSA) is 37.6 Å². The molecular formula is C32H30FN3OS.